The first kappa shape index (κ1) is 13.3. The SMILES string of the molecule is CC1CCC(C)N(c2ccc(CN)c(F)c2F)C1. The molecule has 0 saturated carbocycles. The molecule has 2 unspecified atom stereocenters. The molecule has 0 amide bonds. The van der Waals surface area contributed by atoms with Gasteiger partial charge < -0.3 is 10.6 Å². The number of nitrogens with zero attached hydrogens (tertiary/aromatic N) is 1. The van der Waals surface area contributed by atoms with Gasteiger partial charge in [-0.25, -0.2) is 8.78 Å². The predicted molar refractivity (Wildman–Crippen MR) is 69.5 cm³/mol. The fourth-order valence-corrected chi connectivity index (χ4v) is 2.58. The first-order chi connectivity index (χ1) is 8.54. The molecule has 1 saturated heterocycles. The molecule has 0 spiro atoms. The minimum absolute atomic E-state index is 0.0228. The molecule has 1 aromatic rings. The highest BCUT2D eigenvalue weighted by Crippen LogP contribution is 2.31. The molecule has 0 aromatic heterocycles. The molecular weight excluding hydrogens is 234 g/mol. The van der Waals surface area contributed by atoms with Gasteiger partial charge in [-0.1, -0.05) is 13.0 Å². The minimum Gasteiger partial charge on any atom is -0.366 e. The molecule has 100 valence electrons. The van der Waals surface area contributed by atoms with Gasteiger partial charge in [-0.15, -0.1) is 0 Å². The zero-order chi connectivity index (χ0) is 13.3. The fraction of sp³-hybridized carbons (Fsp3) is 0.571. The third-order valence-electron chi connectivity index (χ3n) is 3.79. The van der Waals surface area contributed by atoms with Crippen molar-refractivity contribution >= 4 is 5.69 Å². The summed E-state index contributed by atoms with van der Waals surface area (Å²) < 4.78 is 27.8. The van der Waals surface area contributed by atoms with Crippen molar-refractivity contribution in [3.63, 3.8) is 0 Å². The molecule has 1 fully saturated rings. The normalized spacial score (nSPS) is 24.4. The number of hydrogen-bond donors (Lipinski definition) is 1. The van der Waals surface area contributed by atoms with Gasteiger partial charge in [0.2, 0.25) is 0 Å². The van der Waals surface area contributed by atoms with Crippen LogP contribution in [-0.2, 0) is 6.54 Å². The standard InChI is InChI=1S/C14H20F2N2/c1-9-3-4-10(2)18(8-9)12-6-5-11(7-17)13(15)14(12)16/h5-6,9-10H,3-4,7-8,17H2,1-2H3. The average molecular weight is 254 g/mol. The lowest BCUT2D eigenvalue weighted by atomic mass is 9.94. The van der Waals surface area contributed by atoms with Crippen LogP contribution < -0.4 is 10.6 Å². The molecule has 4 heteroatoms. The van der Waals surface area contributed by atoms with E-state index < -0.39 is 11.6 Å². The lowest BCUT2D eigenvalue weighted by Gasteiger charge is -2.38. The molecule has 2 nitrogen and oxygen atoms in total. The van der Waals surface area contributed by atoms with Crippen LogP contribution in [0.25, 0.3) is 0 Å². The van der Waals surface area contributed by atoms with Crippen LogP contribution in [0.3, 0.4) is 0 Å². The fourth-order valence-electron chi connectivity index (χ4n) is 2.58. The summed E-state index contributed by atoms with van der Waals surface area (Å²) in [6, 6.07) is 3.48. The molecule has 2 N–H and O–H groups in total. The Balaban J connectivity index is 2.35. The molecule has 2 rings (SSSR count). The van der Waals surface area contributed by atoms with Gasteiger partial charge in [0.25, 0.3) is 0 Å². The van der Waals surface area contributed by atoms with Gasteiger partial charge in [0.1, 0.15) is 0 Å². The zero-order valence-electron chi connectivity index (χ0n) is 10.9. The van der Waals surface area contributed by atoms with E-state index in [2.05, 4.69) is 13.8 Å². The third kappa shape index (κ3) is 2.34. The Kier molecular flexibility index (Phi) is 3.85. The van der Waals surface area contributed by atoms with Crippen molar-refractivity contribution in [3.8, 4) is 0 Å². The Morgan fingerprint density at radius 1 is 1.22 bits per heavy atom. The highest BCUT2D eigenvalue weighted by atomic mass is 19.2. The molecule has 0 bridgehead atoms. The van der Waals surface area contributed by atoms with Gasteiger partial charge >= 0.3 is 0 Å². The van der Waals surface area contributed by atoms with Crippen molar-refractivity contribution in [2.75, 3.05) is 11.4 Å². The van der Waals surface area contributed by atoms with E-state index in [1.165, 1.54) is 0 Å². The van der Waals surface area contributed by atoms with Gasteiger partial charge in [0.15, 0.2) is 11.6 Å². The number of rotatable bonds is 2. The van der Waals surface area contributed by atoms with Crippen LogP contribution >= 0.6 is 0 Å². The highest BCUT2D eigenvalue weighted by molar-refractivity contribution is 5.51. The molecule has 1 heterocycles. The summed E-state index contributed by atoms with van der Waals surface area (Å²) in [5, 5.41) is 0. The maximum absolute atomic E-state index is 14.1. The second-order valence-electron chi connectivity index (χ2n) is 5.26. The molecule has 0 radical (unpaired) electrons. The summed E-state index contributed by atoms with van der Waals surface area (Å²) in [6.45, 7) is 5.00. The first-order valence-corrected chi connectivity index (χ1v) is 6.48. The molecule has 0 aliphatic carbocycles. The van der Waals surface area contributed by atoms with E-state index in [9.17, 15) is 8.78 Å². The van der Waals surface area contributed by atoms with Crippen molar-refractivity contribution < 1.29 is 8.78 Å². The number of anilines is 1. The summed E-state index contributed by atoms with van der Waals surface area (Å²) in [5.74, 6) is -1.06. The molecule has 1 aromatic carbocycles. The second-order valence-corrected chi connectivity index (χ2v) is 5.26. The van der Waals surface area contributed by atoms with Crippen LogP contribution in [0.2, 0.25) is 0 Å². The van der Waals surface area contributed by atoms with E-state index in [4.69, 9.17) is 5.73 Å². The number of hydrogen-bond acceptors (Lipinski definition) is 2. The summed E-state index contributed by atoms with van der Waals surface area (Å²) in [4.78, 5) is 1.97. The maximum Gasteiger partial charge on any atom is 0.182 e. The van der Waals surface area contributed by atoms with Gasteiger partial charge in [-0.05, 0) is 31.7 Å². The number of halogens is 2. The number of benzene rings is 1. The van der Waals surface area contributed by atoms with E-state index in [0.29, 0.717) is 11.6 Å². The van der Waals surface area contributed by atoms with Gasteiger partial charge in [-0.2, -0.15) is 0 Å². The number of piperidine rings is 1. The monoisotopic (exact) mass is 254 g/mol. The molecule has 1 aliphatic heterocycles. The van der Waals surface area contributed by atoms with Crippen LogP contribution in [0.5, 0.6) is 0 Å². The predicted octanol–water partition coefficient (Wildman–Crippen LogP) is 3.05. The van der Waals surface area contributed by atoms with Crippen molar-refractivity contribution in [3.05, 3.63) is 29.3 Å². The van der Waals surface area contributed by atoms with Crippen molar-refractivity contribution in [1.82, 2.24) is 0 Å². The Labute approximate surface area is 107 Å². The summed E-state index contributed by atoms with van der Waals surface area (Å²) >= 11 is 0. The Morgan fingerprint density at radius 3 is 2.61 bits per heavy atom. The molecular formula is C14H20F2N2. The highest BCUT2D eigenvalue weighted by Gasteiger charge is 2.26. The van der Waals surface area contributed by atoms with Crippen LogP contribution in [0.15, 0.2) is 12.1 Å². The molecule has 18 heavy (non-hydrogen) atoms. The summed E-state index contributed by atoms with van der Waals surface area (Å²) in [7, 11) is 0. The van der Waals surface area contributed by atoms with E-state index in [0.717, 1.165) is 19.4 Å². The van der Waals surface area contributed by atoms with Gasteiger partial charge in [0.05, 0.1) is 5.69 Å². The van der Waals surface area contributed by atoms with E-state index in [1.54, 1.807) is 12.1 Å². The topological polar surface area (TPSA) is 29.3 Å². The summed E-state index contributed by atoms with van der Waals surface area (Å²) in [6.07, 6.45) is 2.16. The largest absolute Gasteiger partial charge is 0.366 e. The van der Waals surface area contributed by atoms with Gasteiger partial charge in [0, 0.05) is 24.7 Å². The molecule has 2 atom stereocenters. The smallest absolute Gasteiger partial charge is 0.182 e. The lowest BCUT2D eigenvalue weighted by molar-refractivity contribution is 0.383. The molecule has 1 aliphatic rings. The average Bonchev–Trinajstić information content (AvgIpc) is 2.36. The third-order valence-corrected chi connectivity index (χ3v) is 3.79. The minimum atomic E-state index is -0.805. The van der Waals surface area contributed by atoms with Crippen LogP contribution in [0.1, 0.15) is 32.3 Å². The first-order valence-electron chi connectivity index (χ1n) is 6.48. The second kappa shape index (κ2) is 5.22. The van der Waals surface area contributed by atoms with Gasteiger partial charge in [-0.3, -0.25) is 0 Å². The van der Waals surface area contributed by atoms with Crippen molar-refractivity contribution in [1.29, 1.82) is 0 Å². The van der Waals surface area contributed by atoms with Crippen LogP contribution in [0, 0.1) is 17.6 Å². The quantitative estimate of drug-likeness (QED) is 0.879. The van der Waals surface area contributed by atoms with Crippen LogP contribution in [-0.4, -0.2) is 12.6 Å². The van der Waals surface area contributed by atoms with Crippen LogP contribution in [0.4, 0.5) is 14.5 Å². The Hall–Kier alpha value is -1.16. The van der Waals surface area contributed by atoms with E-state index in [-0.39, 0.29) is 18.2 Å². The summed E-state index contributed by atoms with van der Waals surface area (Å²) in [5.41, 5.74) is 5.97. The Bertz CT molecular complexity index is 434. The number of nitrogens with two attached hydrogens (primary N) is 1. The van der Waals surface area contributed by atoms with E-state index in [1.807, 2.05) is 4.90 Å². The van der Waals surface area contributed by atoms with E-state index >= 15 is 0 Å². The maximum atomic E-state index is 14.1. The van der Waals surface area contributed by atoms with Crippen molar-refractivity contribution in [2.45, 2.75) is 39.3 Å². The lowest BCUT2D eigenvalue weighted by Crippen LogP contribution is -2.41. The Morgan fingerprint density at radius 2 is 1.94 bits per heavy atom. The zero-order valence-corrected chi connectivity index (χ0v) is 10.9. The van der Waals surface area contributed by atoms with Crippen molar-refractivity contribution in [2.24, 2.45) is 11.7 Å².